The van der Waals surface area contributed by atoms with Crippen LogP contribution in [0, 0.1) is 0 Å². The summed E-state index contributed by atoms with van der Waals surface area (Å²) in [6.07, 6.45) is 1.07. The van der Waals surface area contributed by atoms with Gasteiger partial charge in [-0.3, -0.25) is 9.00 Å². The maximum absolute atomic E-state index is 12.2. The van der Waals surface area contributed by atoms with Gasteiger partial charge >= 0.3 is 0 Å². The molecule has 1 amide bonds. The molecular formula is C14H18N2O3S. The van der Waals surface area contributed by atoms with Gasteiger partial charge in [0.05, 0.1) is 12.2 Å². The monoisotopic (exact) mass is 294 g/mol. The molecule has 0 saturated carbocycles. The van der Waals surface area contributed by atoms with Crippen LogP contribution in [-0.2, 0) is 15.6 Å². The maximum Gasteiger partial charge on any atom is 0.263 e. The quantitative estimate of drug-likeness (QED) is 0.850. The van der Waals surface area contributed by atoms with Crippen molar-refractivity contribution in [3.05, 3.63) is 24.3 Å². The molecule has 1 atom stereocenters. The molecule has 6 heteroatoms. The first-order valence-corrected chi connectivity index (χ1v) is 8.36. The summed E-state index contributed by atoms with van der Waals surface area (Å²) in [5.41, 5.74) is 0.921. The number of carbonyl (C=O) groups is 1. The Morgan fingerprint density at radius 2 is 2.05 bits per heavy atom. The van der Waals surface area contributed by atoms with Crippen molar-refractivity contribution in [1.29, 1.82) is 0 Å². The maximum atomic E-state index is 12.2. The lowest BCUT2D eigenvalue weighted by Crippen LogP contribution is -2.49. The van der Waals surface area contributed by atoms with Crippen LogP contribution in [0.4, 0.5) is 5.69 Å². The van der Waals surface area contributed by atoms with E-state index in [9.17, 15) is 9.00 Å². The molecule has 1 aromatic rings. The van der Waals surface area contributed by atoms with Crippen LogP contribution in [0.25, 0.3) is 0 Å². The molecule has 5 nitrogen and oxygen atoms in total. The largest absolute Gasteiger partial charge is 0.477 e. The fourth-order valence-electron chi connectivity index (χ4n) is 2.49. The summed E-state index contributed by atoms with van der Waals surface area (Å²) in [7, 11) is -0.705. The molecule has 108 valence electrons. The van der Waals surface area contributed by atoms with Gasteiger partial charge in [0.2, 0.25) is 0 Å². The highest BCUT2D eigenvalue weighted by Crippen LogP contribution is 2.28. The lowest BCUT2D eigenvalue weighted by molar-refractivity contribution is -0.128. The molecule has 1 fully saturated rings. The molecule has 0 aliphatic carbocycles. The molecule has 0 aromatic heterocycles. The van der Waals surface area contributed by atoms with Gasteiger partial charge in [-0.1, -0.05) is 12.1 Å². The van der Waals surface area contributed by atoms with Crippen molar-refractivity contribution in [2.45, 2.75) is 25.0 Å². The number of hydrogen-bond donors (Lipinski definition) is 2. The number of carbonyl (C=O) groups excluding carboxylic acids is 1. The van der Waals surface area contributed by atoms with Crippen molar-refractivity contribution in [3.63, 3.8) is 0 Å². The Balaban J connectivity index is 1.57. The third-order valence-corrected chi connectivity index (χ3v) is 5.04. The Kier molecular flexibility index (Phi) is 3.91. The number of nitrogens with one attached hydrogen (secondary N) is 2. The van der Waals surface area contributed by atoms with E-state index in [2.05, 4.69) is 10.6 Å². The number of anilines is 1. The van der Waals surface area contributed by atoms with Crippen LogP contribution in [0.15, 0.2) is 24.3 Å². The van der Waals surface area contributed by atoms with Gasteiger partial charge in [0, 0.05) is 28.3 Å². The summed E-state index contributed by atoms with van der Waals surface area (Å²) < 4.78 is 17.0. The van der Waals surface area contributed by atoms with Crippen molar-refractivity contribution in [3.8, 4) is 5.75 Å². The highest BCUT2D eigenvalue weighted by atomic mass is 32.2. The number of fused-ring (bicyclic) bond motifs is 1. The molecule has 2 aliphatic rings. The summed E-state index contributed by atoms with van der Waals surface area (Å²) in [6.45, 7) is 0.474. The van der Waals surface area contributed by atoms with Crippen molar-refractivity contribution in [2.24, 2.45) is 0 Å². The normalized spacial score (nSPS) is 28.7. The Hall–Kier alpha value is -1.56. The first kappa shape index (κ1) is 13.4. The number of amides is 1. The molecule has 20 heavy (non-hydrogen) atoms. The lowest BCUT2D eigenvalue weighted by atomic mass is 10.1. The van der Waals surface area contributed by atoms with E-state index in [1.807, 2.05) is 24.3 Å². The summed E-state index contributed by atoms with van der Waals surface area (Å²) in [5.74, 6) is 1.98. The van der Waals surface area contributed by atoms with Crippen LogP contribution in [0.3, 0.4) is 0 Å². The molecule has 1 saturated heterocycles. The fourth-order valence-corrected chi connectivity index (χ4v) is 3.79. The SMILES string of the molecule is O=C(NC1CCS(=O)CC1)C1CNc2ccccc2O1. The molecule has 0 radical (unpaired) electrons. The van der Waals surface area contributed by atoms with Gasteiger partial charge in [-0.2, -0.15) is 0 Å². The molecule has 0 spiro atoms. The first-order valence-electron chi connectivity index (χ1n) is 6.87. The second kappa shape index (κ2) is 5.83. The van der Waals surface area contributed by atoms with E-state index in [-0.39, 0.29) is 11.9 Å². The predicted molar refractivity (Wildman–Crippen MR) is 78.4 cm³/mol. The van der Waals surface area contributed by atoms with Crippen LogP contribution in [0.2, 0.25) is 0 Å². The zero-order valence-electron chi connectivity index (χ0n) is 11.1. The van der Waals surface area contributed by atoms with Gasteiger partial charge in [0.1, 0.15) is 5.75 Å². The van der Waals surface area contributed by atoms with Gasteiger partial charge in [-0.15, -0.1) is 0 Å². The van der Waals surface area contributed by atoms with E-state index in [0.29, 0.717) is 23.8 Å². The second-order valence-corrected chi connectivity index (χ2v) is 6.81. The molecule has 2 heterocycles. The van der Waals surface area contributed by atoms with Crippen LogP contribution in [0.5, 0.6) is 5.75 Å². The minimum absolute atomic E-state index is 0.0929. The van der Waals surface area contributed by atoms with E-state index in [1.54, 1.807) is 0 Å². The third-order valence-electron chi connectivity index (χ3n) is 3.66. The number of ether oxygens (including phenoxy) is 1. The molecule has 1 unspecified atom stereocenters. The fraction of sp³-hybridized carbons (Fsp3) is 0.500. The number of benzene rings is 1. The first-order chi connectivity index (χ1) is 9.72. The van der Waals surface area contributed by atoms with Crippen LogP contribution in [-0.4, -0.2) is 40.3 Å². The van der Waals surface area contributed by atoms with Gasteiger partial charge in [-0.25, -0.2) is 0 Å². The van der Waals surface area contributed by atoms with E-state index in [4.69, 9.17) is 4.74 Å². The minimum atomic E-state index is -0.705. The average molecular weight is 294 g/mol. The van der Waals surface area contributed by atoms with E-state index < -0.39 is 16.9 Å². The molecule has 1 aromatic carbocycles. The third kappa shape index (κ3) is 2.95. The number of rotatable bonds is 2. The predicted octanol–water partition coefficient (Wildman–Crippen LogP) is 0.887. The molecule has 0 bridgehead atoms. The van der Waals surface area contributed by atoms with Crippen molar-refractivity contribution < 1.29 is 13.7 Å². The number of hydrogen-bond acceptors (Lipinski definition) is 4. The Morgan fingerprint density at radius 1 is 1.30 bits per heavy atom. The van der Waals surface area contributed by atoms with Crippen LogP contribution in [0.1, 0.15) is 12.8 Å². The number of para-hydroxylation sites is 2. The summed E-state index contributed by atoms with van der Waals surface area (Å²) in [4.78, 5) is 12.2. The van der Waals surface area contributed by atoms with Gasteiger partial charge < -0.3 is 15.4 Å². The zero-order valence-corrected chi connectivity index (χ0v) is 11.9. The topological polar surface area (TPSA) is 67.4 Å². The van der Waals surface area contributed by atoms with Crippen LogP contribution < -0.4 is 15.4 Å². The summed E-state index contributed by atoms with van der Waals surface area (Å²) >= 11 is 0. The Morgan fingerprint density at radius 3 is 2.85 bits per heavy atom. The van der Waals surface area contributed by atoms with Gasteiger partial charge in [0.15, 0.2) is 6.10 Å². The second-order valence-electron chi connectivity index (χ2n) is 5.11. The van der Waals surface area contributed by atoms with Crippen molar-refractivity contribution >= 4 is 22.4 Å². The van der Waals surface area contributed by atoms with E-state index in [0.717, 1.165) is 18.5 Å². The van der Waals surface area contributed by atoms with Crippen molar-refractivity contribution in [2.75, 3.05) is 23.4 Å². The van der Waals surface area contributed by atoms with E-state index in [1.165, 1.54) is 0 Å². The summed E-state index contributed by atoms with van der Waals surface area (Å²) in [5, 5.41) is 6.20. The highest BCUT2D eigenvalue weighted by Gasteiger charge is 2.28. The van der Waals surface area contributed by atoms with Crippen molar-refractivity contribution in [1.82, 2.24) is 5.32 Å². The average Bonchev–Trinajstić information content (AvgIpc) is 2.49. The van der Waals surface area contributed by atoms with Crippen LogP contribution >= 0.6 is 0 Å². The smallest absolute Gasteiger partial charge is 0.263 e. The van der Waals surface area contributed by atoms with Gasteiger partial charge in [-0.05, 0) is 25.0 Å². The Labute approximate surface area is 120 Å². The highest BCUT2D eigenvalue weighted by molar-refractivity contribution is 7.85. The zero-order chi connectivity index (χ0) is 13.9. The lowest BCUT2D eigenvalue weighted by Gasteiger charge is -2.29. The minimum Gasteiger partial charge on any atom is -0.477 e. The molecule has 2 N–H and O–H groups in total. The van der Waals surface area contributed by atoms with Gasteiger partial charge in [0.25, 0.3) is 5.91 Å². The molecule has 2 aliphatic heterocycles. The standard InChI is InChI=1S/C14H18N2O3S/c17-14(16-10-5-7-20(18)8-6-10)13-9-15-11-3-1-2-4-12(11)19-13/h1-4,10,13,15H,5-9H2,(H,16,17). The summed E-state index contributed by atoms with van der Waals surface area (Å²) in [6, 6.07) is 7.72. The molecule has 3 rings (SSSR count). The molecular weight excluding hydrogens is 276 g/mol. The Bertz CT molecular complexity index is 525. The van der Waals surface area contributed by atoms with E-state index >= 15 is 0 Å².